The second-order valence-electron chi connectivity index (χ2n) is 5.86. The van der Waals surface area contributed by atoms with Crippen molar-refractivity contribution in [2.75, 3.05) is 13.1 Å². The van der Waals surface area contributed by atoms with Gasteiger partial charge in [-0.2, -0.15) is 0 Å². The molecule has 0 rings (SSSR count). The first-order valence-electron chi connectivity index (χ1n) is 8.57. The minimum absolute atomic E-state index is 0.191. The number of hydrogen-bond acceptors (Lipinski definition) is 2. The summed E-state index contributed by atoms with van der Waals surface area (Å²) in [5.74, 6) is 0.191. The molecule has 20 heavy (non-hydrogen) atoms. The molecule has 1 N–H and O–H groups in total. The highest BCUT2D eigenvalue weighted by Gasteiger charge is 2.12. The number of aliphatic hydroxyl groups excluding tert-OH is 1. The van der Waals surface area contributed by atoms with E-state index in [1.54, 1.807) is 11.8 Å². The lowest BCUT2D eigenvalue weighted by Gasteiger charge is -2.22. The second kappa shape index (κ2) is 13.4. The van der Waals surface area contributed by atoms with Crippen LogP contribution in [0, 0.1) is 0 Å². The maximum absolute atomic E-state index is 11.9. The molecule has 0 spiro atoms. The quantitative estimate of drug-likeness (QED) is 0.517. The van der Waals surface area contributed by atoms with E-state index in [4.69, 9.17) is 0 Å². The van der Waals surface area contributed by atoms with Gasteiger partial charge >= 0.3 is 0 Å². The molecule has 0 aliphatic rings. The zero-order valence-corrected chi connectivity index (χ0v) is 13.9. The van der Waals surface area contributed by atoms with E-state index in [2.05, 4.69) is 6.92 Å². The molecular weight excluding hydrogens is 250 g/mol. The van der Waals surface area contributed by atoms with Crippen molar-refractivity contribution in [2.24, 2.45) is 0 Å². The Morgan fingerprint density at radius 3 is 1.90 bits per heavy atom. The molecule has 0 fully saturated rings. The van der Waals surface area contributed by atoms with Crippen molar-refractivity contribution in [1.82, 2.24) is 4.90 Å². The Kier molecular flexibility index (Phi) is 13.0. The van der Waals surface area contributed by atoms with E-state index >= 15 is 0 Å². The molecule has 120 valence electrons. The number of nitrogens with zero attached hydrogens (tertiary/aromatic N) is 1. The lowest BCUT2D eigenvalue weighted by atomic mass is 10.1. The number of rotatable bonds is 13. The number of unbranched alkanes of at least 4 members (excludes halogenated alkanes) is 8. The van der Waals surface area contributed by atoms with Gasteiger partial charge in [-0.1, -0.05) is 58.3 Å². The van der Waals surface area contributed by atoms with Crippen LogP contribution in [0.15, 0.2) is 0 Å². The molecule has 0 aromatic rings. The predicted octanol–water partition coefficient (Wildman–Crippen LogP) is 4.14. The summed E-state index contributed by atoms with van der Waals surface area (Å²) in [6, 6.07) is 0. The van der Waals surface area contributed by atoms with E-state index in [1.165, 1.54) is 44.9 Å². The minimum atomic E-state index is -0.429. The SMILES string of the molecule is CCCCCCCCCCCC(=O)N(CC)CC(C)O. The van der Waals surface area contributed by atoms with E-state index in [9.17, 15) is 9.90 Å². The van der Waals surface area contributed by atoms with Crippen molar-refractivity contribution in [1.29, 1.82) is 0 Å². The van der Waals surface area contributed by atoms with Gasteiger partial charge in [0.1, 0.15) is 0 Å². The summed E-state index contributed by atoms with van der Waals surface area (Å²) in [6.07, 6.45) is 11.7. The monoisotopic (exact) mass is 285 g/mol. The fourth-order valence-corrected chi connectivity index (χ4v) is 2.47. The molecule has 1 unspecified atom stereocenters. The van der Waals surface area contributed by atoms with Crippen LogP contribution in [-0.2, 0) is 4.79 Å². The number of amides is 1. The smallest absolute Gasteiger partial charge is 0.222 e. The van der Waals surface area contributed by atoms with Crippen molar-refractivity contribution in [3.63, 3.8) is 0 Å². The largest absolute Gasteiger partial charge is 0.392 e. The standard InChI is InChI=1S/C17H35NO2/c1-4-6-7-8-9-10-11-12-13-14-17(20)18(5-2)15-16(3)19/h16,19H,4-15H2,1-3H3. The van der Waals surface area contributed by atoms with Gasteiger partial charge in [-0.05, 0) is 20.3 Å². The maximum Gasteiger partial charge on any atom is 0.222 e. The van der Waals surface area contributed by atoms with Crippen LogP contribution in [0.4, 0.5) is 0 Å². The molecule has 1 amide bonds. The van der Waals surface area contributed by atoms with E-state index in [1.807, 2.05) is 6.92 Å². The van der Waals surface area contributed by atoms with Crippen LogP contribution in [0.3, 0.4) is 0 Å². The van der Waals surface area contributed by atoms with Crippen molar-refractivity contribution in [3.8, 4) is 0 Å². The molecule has 0 heterocycles. The van der Waals surface area contributed by atoms with Gasteiger partial charge in [0.25, 0.3) is 0 Å². The maximum atomic E-state index is 11.9. The fraction of sp³-hybridized carbons (Fsp3) is 0.941. The second-order valence-corrected chi connectivity index (χ2v) is 5.86. The zero-order chi connectivity index (χ0) is 15.2. The van der Waals surface area contributed by atoms with Crippen molar-refractivity contribution >= 4 is 5.91 Å². The normalized spacial score (nSPS) is 12.4. The molecule has 0 aliphatic heterocycles. The van der Waals surface area contributed by atoms with Gasteiger partial charge in [0.05, 0.1) is 6.10 Å². The number of hydrogen-bond donors (Lipinski definition) is 1. The predicted molar refractivity (Wildman–Crippen MR) is 85.8 cm³/mol. The number of carbonyl (C=O) groups excluding carboxylic acids is 1. The molecule has 1 atom stereocenters. The Bertz CT molecular complexity index is 229. The van der Waals surface area contributed by atoms with Crippen LogP contribution in [0.1, 0.15) is 85.0 Å². The van der Waals surface area contributed by atoms with Crippen LogP contribution in [-0.4, -0.2) is 35.1 Å². The molecule has 0 aromatic carbocycles. The molecule has 0 aromatic heterocycles. The topological polar surface area (TPSA) is 40.5 Å². The summed E-state index contributed by atoms with van der Waals surface area (Å²) < 4.78 is 0. The van der Waals surface area contributed by atoms with Gasteiger partial charge < -0.3 is 10.0 Å². The van der Waals surface area contributed by atoms with Crippen LogP contribution >= 0.6 is 0 Å². The number of carbonyl (C=O) groups is 1. The first-order valence-corrected chi connectivity index (χ1v) is 8.57. The molecule has 0 aliphatic carbocycles. The summed E-state index contributed by atoms with van der Waals surface area (Å²) in [6.45, 7) is 7.10. The third-order valence-corrected chi connectivity index (χ3v) is 3.71. The third kappa shape index (κ3) is 11.3. The van der Waals surface area contributed by atoms with Gasteiger partial charge in [-0.25, -0.2) is 0 Å². The lowest BCUT2D eigenvalue weighted by molar-refractivity contribution is -0.132. The Morgan fingerprint density at radius 2 is 1.45 bits per heavy atom. The first-order chi connectivity index (χ1) is 9.61. The highest BCUT2D eigenvalue weighted by molar-refractivity contribution is 5.76. The van der Waals surface area contributed by atoms with E-state index < -0.39 is 6.10 Å². The Morgan fingerprint density at radius 1 is 0.950 bits per heavy atom. The Balaban J connectivity index is 3.46. The summed E-state index contributed by atoms with van der Waals surface area (Å²) >= 11 is 0. The van der Waals surface area contributed by atoms with Gasteiger partial charge in [0, 0.05) is 19.5 Å². The first kappa shape index (κ1) is 19.4. The summed E-state index contributed by atoms with van der Waals surface area (Å²) in [5, 5.41) is 9.34. The number of aliphatic hydroxyl groups is 1. The molecular formula is C17H35NO2. The van der Waals surface area contributed by atoms with E-state index in [-0.39, 0.29) is 5.91 Å². The average molecular weight is 285 g/mol. The molecule has 0 bridgehead atoms. The summed E-state index contributed by atoms with van der Waals surface area (Å²) in [7, 11) is 0. The fourth-order valence-electron chi connectivity index (χ4n) is 2.47. The third-order valence-electron chi connectivity index (χ3n) is 3.71. The van der Waals surface area contributed by atoms with E-state index in [0.717, 1.165) is 12.8 Å². The van der Waals surface area contributed by atoms with Gasteiger partial charge in [-0.15, -0.1) is 0 Å². The molecule has 3 heteroatoms. The molecule has 0 saturated carbocycles. The van der Waals surface area contributed by atoms with Gasteiger partial charge in [0.15, 0.2) is 0 Å². The Hall–Kier alpha value is -0.570. The van der Waals surface area contributed by atoms with Crippen LogP contribution in [0.2, 0.25) is 0 Å². The van der Waals surface area contributed by atoms with Crippen molar-refractivity contribution < 1.29 is 9.90 Å². The van der Waals surface area contributed by atoms with E-state index in [0.29, 0.717) is 19.5 Å². The Labute approximate surface area is 125 Å². The summed E-state index contributed by atoms with van der Waals surface area (Å²) in [4.78, 5) is 13.7. The van der Waals surface area contributed by atoms with Crippen LogP contribution in [0.5, 0.6) is 0 Å². The molecule has 0 radical (unpaired) electrons. The summed E-state index contributed by atoms with van der Waals surface area (Å²) in [5.41, 5.74) is 0. The zero-order valence-electron chi connectivity index (χ0n) is 13.9. The van der Waals surface area contributed by atoms with Crippen molar-refractivity contribution in [2.45, 2.75) is 91.1 Å². The minimum Gasteiger partial charge on any atom is -0.392 e. The number of likely N-dealkylation sites (N-methyl/N-ethyl adjacent to an activating group) is 1. The van der Waals surface area contributed by atoms with Crippen molar-refractivity contribution in [3.05, 3.63) is 0 Å². The molecule has 0 saturated heterocycles. The van der Waals surface area contributed by atoms with Gasteiger partial charge in [-0.3, -0.25) is 4.79 Å². The van der Waals surface area contributed by atoms with Crippen LogP contribution < -0.4 is 0 Å². The van der Waals surface area contributed by atoms with Crippen LogP contribution in [0.25, 0.3) is 0 Å². The highest BCUT2D eigenvalue weighted by atomic mass is 16.3. The molecule has 3 nitrogen and oxygen atoms in total. The lowest BCUT2D eigenvalue weighted by Crippen LogP contribution is -2.36. The highest BCUT2D eigenvalue weighted by Crippen LogP contribution is 2.11. The van der Waals surface area contributed by atoms with Gasteiger partial charge in [0.2, 0.25) is 5.91 Å². The average Bonchev–Trinajstić information content (AvgIpc) is 2.42.